The lowest BCUT2D eigenvalue weighted by Gasteiger charge is -2.16. The first-order valence-electron chi connectivity index (χ1n) is 11.0. The number of hydrogen-bond donors (Lipinski definition) is 2. The van der Waals surface area contributed by atoms with Gasteiger partial charge in [-0.1, -0.05) is 30.7 Å². The summed E-state index contributed by atoms with van der Waals surface area (Å²) in [4.78, 5) is 21.6. The fourth-order valence-corrected chi connectivity index (χ4v) is 4.71. The summed E-state index contributed by atoms with van der Waals surface area (Å²) in [6, 6.07) is 0. The van der Waals surface area contributed by atoms with Crippen molar-refractivity contribution in [3.05, 3.63) is 46.1 Å². The lowest BCUT2D eigenvalue weighted by atomic mass is 9.94. The molecule has 0 aromatic heterocycles. The minimum absolute atomic E-state index is 0.0333. The molecule has 0 bridgehead atoms. The van der Waals surface area contributed by atoms with Crippen LogP contribution in [0.2, 0.25) is 0 Å². The van der Waals surface area contributed by atoms with Gasteiger partial charge in [-0.15, -0.1) is 0 Å². The fourth-order valence-electron chi connectivity index (χ4n) is 3.79. The summed E-state index contributed by atoms with van der Waals surface area (Å²) >= 11 is 0. The molecule has 2 atom stereocenters. The number of rotatable bonds is 12. The number of hydrogen-bond acceptors (Lipinski definition) is 6. The molecule has 1 aliphatic heterocycles. The Kier molecular flexibility index (Phi) is 9.56. The molecule has 178 valence electrons. The van der Waals surface area contributed by atoms with Crippen molar-refractivity contribution < 1.29 is 33.4 Å². The molecule has 1 aromatic rings. The zero-order chi connectivity index (χ0) is 23.9. The van der Waals surface area contributed by atoms with Gasteiger partial charge in [0.15, 0.2) is 0 Å². The summed E-state index contributed by atoms with van der Waals surface area (Å²) in [5.74, 6) is 0.460. The number of ether oxygens (including phenoxy) is 2. The third kappa shape index (κ3) is 6.71. The first-order chi connectivity index (χ1) is 15.1. The van der Waals surface area contributed by atoms with Crippen LogP contribution in [0.4, 0.5) is 0 Å². The second-order valence-electron chi connectivity index (χ2n) is 8.26. The van der Waals surface area contributed by atoms with Crippen LogP contribution >= 0.6 is 7.60 Å². The summed E-state index contributed by atoms with van der Waals surface area (Å²) < 4.78 is 27.1. The SMILES string of the molecule is CCOP(=O)(O)C/C=C/CC(C)CC/C(C)=C/Cc1c(O)c2c(c(C)c1OC)COC2=O. The minimum Gasteiger partial charge on any atom is -0.507 e. The van der Waals surface area contributed by atoms with Gasteiger partial charge in [-0.25, -0.2) is 4.79 Å². The zero-order valence-corrected chi connectivity index (χ0v) is 20.5. The first-order valence-corrected chi connectivity index (χ1v) is 12.7. The van der Waals surface area contributed by atoms with Gasteiger partial charge in [0.05, 0.1) is 19.9 Å². The molecule has 1 aromatic carbocycles. The maximum absolute atomic E-state index is 12.0. The number of phenolic OH excluding ortho intramolecular Hbond substituents is 1. The number of allylic oxidation sites excluding steroid dienone is 4. The summed E-state index contributed by atoms with van der Waals surface area (Å²) in [6.07, 6.45) is 8.86. The molecular weight excluding hydrogens is 431 g/mol. The molecule has 2 unspecified atom stereocenters. The van der Waals surface area contributed by atoms with E-state index in [4.69, 9.17) is 14.0 Å². The van der Waals surface area contributed by atoms with Gasteiger partial charge in [-0.3, -0.25) is 4.57 Å². The van der Waals surface area contributed by atoms with Crippen LogP contribution in [0.5, 0.6) is 11.5 Å². The van der Waals surface area contributed by atoms with Gasteiger partial charge < -0.3 is 24.0 Å². The predicted octanol–water partition coefficient (Wildman–Crippen LogP) is 5.45. The summed E-state index contributed by atoms with van der Waals surface area (Å²) in [5.41, 5.74) is 3.54. The molecule has 0 aliphatic carbocycles. The van der Waals surface area contributed by atoms with Crippen molar-refractivity contribution >= 4 is 13.6 Å². The van der Waals surface area contributed by atoms with Crippen LogP contribution in [-0.2, 0) is 26.9 Å². The highest BCUT2D eigenvalue weighted by Gasteiger charge is 2.31. The summed E-state index contributed by atoms with van der Waals surface area (Å²) in [6.45, 7) is 8.14. The van der Waals surface area contributed by atoms with E-state index < -0.39 is 13.6 Å². The predicted molar refractivity (Wildman–Crippen MR) is 124 cm³/mol. The summed E-state index contributed by atoms with van der Waals surface area (Å²) in [7, 11) is -1.94. The third-order valence-corrected chi connectivity index (χ3v) is 7.04. The molecule has 7 nitrogen and oxygen atoms in total. The van der Waals surface area contributed by atoms with E-state index in [2.05, 4.69) is 13.0 Å². The molecule has 0 spiro atoms. The molecule has 32 heavy (non-hydrogen) atoms. The van der Waals surface area contributed by atoms with E-state index in [-0.39, 0.29) is 30.7 Å². The smallest absolute Gasteiger partial charge is 0.342 e. The molecule has 2 rings (SSSR count). The molecule has 0 amide bonds. The average molecular weight is 467 g/mol. The van der Waals surface area contributed by atoms with E-state index in [0.29, 0.717) is 29.2 Å². The molecule has 0 fully saturated rings. The van der Waals surface area contributed by atoms with E-state index in [1.54, 1.807) is 20.1 Å². The van der Waals surface area contributed by atoms with Crippen molar-refractivity contribution in [2.75, 3.05) is 19.9 Å². The average Bonchev–Trinajstić information content (AvgIpc) is 3.13. The van der Waals surface area contributed by atoms with Crippen LogP contribution in [0.25, 0.3) is 0 Å². The van der Waals surface area contributed by atoms with Crippen LogP contribution in [0.1, 0.15) is 67.1 Å². The van der Waals surface area contributed by atoms with Crippen LogP contribution in [-0.4, -0.2) is 35.8 Å². The van der Waals surface area contributed by atoms with Crippen molar-refractivity contribution in [2.45, 2.75) is 60.0 Å². The highest BCUT2D eigenvalue weighted by Crippen LogP contribution is 2.42. The van der Waals surface area contributed by atoms with Gasteiger partial charge in [-0.2, -0.15) is 0 Å². The van der Waals surface area contributed by atoms with Crippen molar-refractivity contribution in [1.29, 1.82) is 0 Å². The molecule has 0 saturated carbocycles. The van der Waals surface area contributed by atoms with E-state index >= 15 is 0 Å². The molecule has 1 aliphatic rings. The Labute approximate surface area is 190 Å². The zero-order valence-electron chi connectivity index (χ0n) is 19.6. The number of fused-ring (bicyclic) bond motifs is 1. The van der Waals surface area contributed by atoms with Crippen molar-refractivity contribution in [2.24, 2.45) is 5.92 Å². The number of methoxy groups -OCH3 is 1. The lowest BCUT2D eigenvalue weighted by Crippen LogP contribution is -2.03. The van der Waals surface area contributed by atoms with E-state index in [1.165, 1.54) is 5.57 Å². The van der Waals surface area contributed by atoms with Crippen LogP contribution in [0.3, 0.4) is 0 Å². The lowest BCUT2D eigenvalue weighted by molar-refractivity contribution is 0.0533. The first kappa shape index (κ1) is 26.2. The molecule has 2 N–H and O–H groups in total. The molecule has 0 saturated heterocycles. The van der Waals surface area contributed by atoms with Crippen molar-refractivity contribution in [3.63, 3.8) is 0 Å². The Morgan fingerprint density at radius 2 is 2.06 bits per heavy atom. The van der Waals surface area contributed by atoms with Crippen molar-refractivity contribution in [3.8, 4) is 11.5 Å². The molecule has 0 radical (unpaired) electrons. The number of cyclic esters (lactones) is 1. The highest BCUT2D eigenvalue weighted by atomic mass is 31.2. The third-order valence-electron chi connectivity index (χ3n) is 5.71. The summed E-state index contributed by atoms with van der Waals surface area (Å²) in [5, 5.41) is 10.7. The van der Waals surface area contributed by atoms with Gasteiger partial charge >= 0.3 is 13.6 Å². The van der Waals surface area contributed by atoms with Gasteiger partial charge in [0, 0.05) is 11.1 Å². The van der Waals surface area contributed by atoms with Gasteiger partial charge in [0.25, 0.3) is 0 Å². The van der Waals surface area contributed by atoms with Gasteiger partial charge in [0.2, 0.25) is 0 Å². The van der Waals surface area contributed by atoms with Gasteiger partial charge in [0.1, 0.15) is 23.7 Å². The topological polar surface area (TPSA) is 102 Å². The molecular formula is C24H35O7P. The van der Waals surface area contributed by atoms with Crippen LogP contribution in [0.15, 0.2) is 23.8 Å². The largest absolute Gasteiger partial charge is 0.507 e. The second-order valence-corrected chi connectivity index (χ2v) is 10.2. The number of carbonyl (C=O) groups is 1. The normalized spacial score (nSPS) is 16.7. The number of carbonyl (C=O) groups excluding carboxylic acids is 1. The molecule has 1 heterocycles. The highest BCUT2D eigenvalue weighted by molar-refractivity contribution is 7.53. The Morgan fingerprint density at radius 3 is 2.72 bits per heavy atom. The number of phenols is 1. The van der Waals surface area contributed by atoms with Crippen LogP contribution in [0, 0.1) is 12.8 Å². The Bertz CT molecular complexity index is 933. The standard InChI is InChI=1S/C24H35O7P/c1-6-31-32(27,28)14-8-7-9-16(2)10-11-17(3)12-13-19-22(25)21-20(15-30-24(21)26)18(4)23(19)29-5/h7-8,12,16,25H,6,9-11,13-15H2,1-5H3,(H,27,28)/b8-7+,17-12+. The number of aromatic hydroxyl groups is 1. The minimum atomic E-state index is -3.50. The Morgan fingerprint density at radius 1 is 1.34 bits per heavy atom. The van der Waals surface area contributed by atoms with Crippen LogP contribution < -0.4 is 4.74 Å². The number of benzene rings is 1. The maximum atomic E-state index is 12.0. The van der Waals surface area contributed by atoms with E-state index in [9.17, 15) is 19.4 Å². The van der Waals surface area contributed by atoms with Gasteiger partial charge in [-0.05, 0) is 57.9 Å². The Hall–Kier alpha value is -2.08. The Balaban J connectivity index is 1.95. The fraction of sp³-hybridized carbons (Fsp3) is 0.542. The van der Waals surface area contributed by atoms with Crippen molar-refractivity contribution in [1.82, 2.24) is 0 Å². The maximum Gasteiger partial charge on any atom is 0.342 e. The number of esters is 1. The van der Waals surface area contributed by atoms with E-state index in [1.807, 2.05) is 19.9 Å². The van der Waals surface area contributed by atoms with E-state index in [0.717, 1.165) is 24.8 Å². The second kappa shape index (κ2) is 11.7. The molecule has 8 heteroatoms. The monoisotopic (exact) mass is 466 g/mol. The quantitative estimate of drug-likeness (QED) is 0.240.